The average Bonchev–Trinajstić information content (AvgIpc) is 2.26. The Morgan fingerprint density at radius 2 is 1.93 bits per heavy atom. The van der Waals surface area contributed by atoms with Crippen LogP contribution in [-0.4, -0.2) is 32.5 Å². The van der Waals surface area contributed by atoms with Gasteiger partial charge in [-0.25, -0.2) is 8.42 Å². The fourth-order valence-corrected chi connectivity index (χ4v) is 4.06. The number of hydrogen-bond donors (Lipinski definition) is 1. The van der Waals surface area contributed by atoms with E-state index in [1.165, 1.54) is 0 Å². The summed E-state index contributed by atoms with van der Waals surface area (Å²) in [4.78, 5) is 0. The van der Waals surface area contributed by atoms with Crippen molar-refractivity contribution in [1.82, 2.24) is 5.32 Å². The zero-order valence-corrected chi connectivity index (χ0v) is 10.6. The van der Waals surface area contributed by atoms with Gasteiger partial charge in [0.05, 0.1) is 11.0 Å². The van der Waals surface area contributed by atoms with Crippen molar-refractivity contribution < 1.29 is 8.42 Å². The second-order valence-corrected chi connectivity index (χ2v) is 6.99. The van der Waals surface area contributed by atoms with Gasteiger partial charge in [-0.05, 0) is 45.2 Å². The van der Waals surface area contributed by atoms with Crippen molar-refractivity contribution >= 4 is 9.84 Å². The van der Waals surface area contributed by atoms with Crippen LogP contribution in [0.5, 0.6) is 0 Å². The van der Waals surface area contributed by atoms with Crippen LogP contribution in [0.2, 0.25) is 0 Å². The average molecular weight is 233 g/mol. The van der Waals surface area contributed by atoms with E-state index in [2.05, 4.69) is 5.32 Å². The zero-order chi connectivity index (χ0) is 11.3. The summed E-state index contributed by atoms with van der Waals surface area (Å²) >= 11 is 0. The van der Waals surface area contributed by atoms with Gasteiger partial charge >= 0.3 is 0 Å². The predicted molar refractivity (Wildman–Crippen MR) is 63.8 cm³/mol. The maximum Gasteiger partial charge on any atom is 0.153 e. The molecule has 1 N–H and O–H groups in total. The Bertz CT molecular complexity index is 268. The molecule has 1 unspecified atom stereocenters. The first-order valence-electron chi connectivity index (χ1n) is 6.00. The van der Waals surface area contributed by atoms with Gasteiger partial charge in [0.1, 0.15) is 0 Å². The standard InChI is InChI=1S/C11H23NO2S/c1-3-4-9-15(13,14)10(2)11-5-7-12-8-6-11/h10-12H,3-9H2,1-2H3. The number of nitrogens with one attached hydrogen (secondary N) is 1. The normalized spacial score (nSPS) is 21.5. The Hall–Kier alpha value is -0.0900. The van der Waals surface area contributed by atoms with Gasteiger partial charge in [0.25, 0.3) is 0 Å². The van der Waals surface area contributed by atoms with Gasteiger partial charge in [-0.2, -0.15) is 0 Å². The van der Waals surface area contributed by atoms with Crippen molar-refractivity contribution in [1.29, 1.82) is 0 Å². The molecule has 1 aliphatic rings. The van der Waals surface area contributed by atoms with Crippen LogP contribution in [0, 0.1) is 5.92 Å². The molecule has 0 saturated carbocycles. The third-order valence-corrected chi connectivity index (χ3v) is 5.77. The van der Waals surface area contributed by atoms with Crippen LogP contribution >= 0.6 is 0 Å². The van der Waals surface area contributed by atoms with Crippen molar-refractivity contribution in [2.24, 2.45) is 5.92 Å². The topological polar surface area (TPSA) is 46.2 Å². The Balaban J connectivity index is 2.53. The molecule has 90 valence electrons. The van der Waals surface area contributed by atoms with E-state index in [1.54, 1.807) is 0 Å². The molecular weight excluding hydrogens is 210 g/mol. The monoisotopic (exact) mass is 233 g/mol. The minimum Gasteiger partial charge on any atom is -0.317 e. The third kappa shape index (κ3) is 3.76. The number of rotatable bonds is 5. The molecule has 4 heteroatoms. The van der Waals surface area contributed by atoms with Gasteiger partial charge in [0, 0.05) is 0 Å². The smallest absolute Gasteiger partial charge is 0.153 e. The maximum atomic E-state index is 12.0. The molecule has 0 radical (unpaired) electrons. The molecule has 0 aliphatic carbocycles. The van der Waals surface area contributed by atoms with Gasteiger partial charge in [-0.15, -0.1) is 0 Å². The highest BCUT2D eigenvalue weighted by Crippen LogP contribution is 2.22. The van der Waals surface area contributed by atoms with Crippen molar-refractivity contribution in [2.75, 3.05) is 18.8 Å². The molecule has 1 atom stereocenters. The van der Waals surface area contributed by atoms with Crippen LogP contribution < -0.4 is 5.32 Å². The van der Waals surface area contributed by atoms with E-state index in [0.29, 0.717) is 11.7 Å². The molecule has 15 heavy (non-hydrogen) atoms. The highest BCUT2D eigenvalue weighted by molar-refractivity contribution is 7.92. The quantitative estimate of drug-likeness (QED) is 0.784. The summed E-state index contributed by atoms with van der Waals surface area (Å²) in [5, 5.41) is 3.12. The second kappa shape index (κ2) is 5.85. The summed E-state index contributed by atoms with van der Waals surface area (Å²) in [5.74, 6) is 0.738. The van der Waals surface area contributed by atoms with Gasteiger partial charge in [0.15, 0.2) is 9.84 Å². The number of unbranched alkanes of at least 4 members (excludes halogenated alkanes) is 1. The second-order valence-electron chi connectivity index (χ2n) is 4.51. The summed E-state index contributed by atoms with van der Waals surface area (Å²) < 4.78 is 23.9. The highest BCUT2D eigenvalue weighted by atomic mass is 32.2. The van der Waals surface area contributed by atoms with Crippen molar-refractivity contribution in [3.05, 3.63) is 0 Å². The minimum absolute atomic E-state index is 0.147. The first-order chi connectivity index (χ1) is 7.08. The van der Waals surface area contributed by atoms with E-state index in [0.717, 1.165) is 38.8 Å². The SMILES string of the molecule is CCCCS(=O)(=O)C(C)C1CCNCC1. The Labute approximate surface area is 93.6 Å². The van der Waals surface area contributed by atoms with E-state index >= 15 is 0 Å². The van der Waals surface area contributed by atoms with Crippen LogP contribution in [0.25, 0.3) is 0 Å². The lowest BCUT2D eigenvalue weighted by Gasteiger charge is -2.28. The van der Waals surface area contributed by atoms with Crippen LogP contribution in [0.3, 0.4) is 0 Å². The third-order valence-electron chi connectivity index (χ3n) is 3.40. The molecule has 0 amide bonds. The van der Waals surface area contributed by atoms with E-state index in [1.807, 2.05) is 13.8 Å². The van der Waals surface area contributed by atoms with Gasteiger partial charge in [-0.1, -0.05) is 13.3 Å². The van der Waals surface area contributed by atoms with Crippen molar-refractivity contribution in [3.63, 3.8) is 0 Å². The molecule has 0 aromatic rings. The van der Waals surface area contributed by atoms with Gasteiger partial charge in [-0.3, -0.25) is 0 Å². The number of piperidine rings is 1. The van der Waals surface area contributed by atoms with E-state index in [-0.39, 0.29) is 5.25 Å². The fraction of sp³-hybridized carbons (Fsp3) is 1.00. The summed E-state index contributed by atoms with van der Waals surface area (Å²) in [6.45, 7) is 5.86. The number of sulfone groups is 1. The van der Waals surface area contributed by atoms with Crippen molar-refractivity contribution in [2.45, 2.75) is 44.8 Å². The zero-order valence-electron chi connectivity index (χ0n) is 9.83. The minimum atomic E-state index is -2.85. The predicted octanol–water partition coefficient (Wildman–Crippen LogP) is 1.59. The molecule has 0 bridgehead atoms. The first-order valence-corrected chi connectivity index (χ1v) is 7.71. The molecule has 0 aromatic carbocycles. The van der Waals surface area contributed by atoms with Crippen LogP contribution in [-0.2, 0) is 9.84 Å². The van der Waals surface area contributed by atoms with E-state index in [9.17, 15) is 8.42 Å². The maximum absolute atomic E-state index is 12.0. The Morgan fingerprint density at radius 1 is 1.33 bits per heavy atom. The lowest BCUT2D eigenvalue weighted by molar-refractivity contribution is 0.363. The Kier molecular flexibility index (Phi) is 5.06. The number of hydrogen-bond acceptors (Lipinski definition) is 3. The highest BCUT2D eigenvalue weighted by Gasteiger charge is 2.29. The lowest BCUT2D eigenvalue weighted by Crippen LogP contribution is -2.37. The first kappa shape index (κ1) is 13.0. The molecule has 1 rings (SSSR count). The largest absolute Gasteiger partial charge is 0.317 e. The van der Waals surface area contributed by atoms with E-state index in [4.69, 9.17) is 0 Å². The molecule has 1 aliphatic heterocycles. The van der Waals surface area contributed by atoms with E-state index < -0.39 is 9.84 Å². The fourth-order valence-electron chi connectivity index (χ4n) is 2.14. The molecule has 1 saturated heterocycles. The Morgan fingerprint density at radius 3 is 2.47 bits per heavy atom. The molecule has 3 nitrogen and oxygen atoms in total. The summed E-state index contributed by atoms with van der Waals surface area (Å²) in [7, 11) is -2.85. The summed E-state index contributed by atoms with van der Waals surface area (Å²) in [6.07, 6.45) is 3.77. The summed E-state index contributed by atoms with van der Waals surface area (Å²) in [5.41, 5.74) is 0. The molecule has 0 spiro atoms. The molecule has 1 heterocycles. The van der Waals surface area contributed by atoms with Crippen molar-refractivity contribution in [3.8, 4) is 0 Å². The molecule has 1 fully saturated rings. The van der Waals surface area contributed by atoms with Crippen LogP contribution in [0.4, 0.5) is 0 Å². The van der Waals surface area contributed by atoms with Crippen LogP contribution in [0.1, 0.15) is 39.5 Å². The molecular formula is C11H23NO2S. The van der Waals surface area contributed by atoms with Gasteiger partial charge in [0.2, 0.25) is 0 Å². The van der Waals surface area contributed by atoms with Gasteiger partial charge < -0.3 is 5.32 Å². The molecule has 0 aromatic heterocycles. The van der Waals surface area contributed by atoms with Crippen LogP contribution in [0.15, 0.2) is 0 Å². The lowest BCUT2D eigenvalue weighted by atomic mass is 9.95. The summed E-state index contributed by atoms with van der Waals surface area (Å²) in [6, 6.07) is 0.